The minimum Gasteiger partial charge on any atom is -0.202 e. The summed E-state index contributed by atoms with van der Waals surface area (Å²) in [4.78, 5) is 0. The Morgan fingerprint density at radius 3 is 2.27 bits per heavy atom. The Morgan fingerprint density at radius 2 is 1.80 bits per heavy atom. The number of rotatable bonds is 1. The lowest BCUT2D eigenvalue weighted by Crippen LogP contribution is -2.07. The molecule has 0 heterocycles. The molecule has 0 saturated heterocycles. The summed E-state index contributed by atoms with van der Waals surface area (Å²) >= 11 is 11.1. The molecular weight excluding hydrogens is 255 g/mol. The van der Waals surface area contributed by atoms with Crippen LogP contribution in [0.3, 0.4) is 0 Å². The maximum Gasteiger partial charge on any atom is 0.442 e. The fraction of sp³-hybridized carbons (Fsp3) is 0.111. The minimum absolute atomic E-state index is 0.0399. The van der Waals surface area contributed by atoms with E-state index in [2.05, 4.69) is 0 Å². The van der Waals surface area contributed by atoms with Crippen molar-refractivity contribution in [2.45, 2.75) is 6.18 Å². The second kappa shape index (κ2) is 4.41. The van der Waals surface area contributed by atoms with Crippen LogP contribution in [0.4, 0.5) is 17.6 Å². The maximum absolute atomic E-state index is 12.5. The number of alkyl halides is 3. The molecule has 82 valence electrons. The molecule has 0 nitrogen and oxygen atoms in total. The topological polar surface area (TPSA) is 0 Å². The second-order valence-electron chi connectivity index (χ2n) is 2.66. The van der Waals surface area contributed by atoms with Gasteiger partial charge in [-0.1, -0.05) is 29.3 Å². The zero-order chi connectivity index (χ0) is 11.6. The van der Waals surface area contributed by atoms with Crippen molar-refractivity contribution in [3.63, 3.8) is 0 Å². The lowest BCUT2D eigenvalue weighted by atomic mass is 10.2. The Morgan fingerprint density at radius 1 is 1.20 bits per heavy atom. The van der Waals surface area contributed by atoms with Crippen molar-refractivity contribution in [2.24, 2.45) is 0 Å². The third-order valence-electron chi connectivity index (χ3n) is 1.52. The van der Waals surface area contributed by atoms with E-state index in [1.54, 1.807) is 0 Å². The van der Waals surface area contributed by atoms with Gasteiger partial charge in [0.25, 0.3) is 0 Å². The molecule has 0 spiro atoms. The van der Waals surface area contributed by atoms with E-state index >= 15 is 0 Å². The van der Waals surface area contributed by atoms with Crippen LogP contribution in [0.25, 0.3) is 6.08 Å². The summed E-state index contributed by atoms with van der Waals surface area (Å²) in [6, 6.07) is 3.76. The molecule has 1 aromatic rings. The van der Waals surface area contributed by atoms with Crippen molar-refractivity contribution < 1.29 is 17.6 Å². The highest BCUT2D eigenvalue weighted by Gasteiger charge is 2.34. The number of halogens is 6. The van der Waals surface area contributed by atoms with Crippen LogP contribution < -0.4 is 0 Å². The molecule has 0 amide bonds. The van der Waals surface area contributed by atoms with Crippen LogP contribution in [0.2, 0.25) is 10.0 Å². The molecule has 0 radical (unpaired) electrons. The van der Waals surface area contributed by atoms with E-state index in [0.717, 1.165) is 0 Å². The van der Waals surface area contributed by atoms with E-state index in [1.165, 1.54) is 18.2 Å². The van der Waals surface area contributed by atoms with Gasteiger partial charge in [-0.15, -0.1) is 0 Å². The highest BCUT2D eigenvalue weighted by Crippen LogP contribution is 2.30. The van der Waals surface area contributed by atoms with Crippen molar-refractivity contribution >= 4 is 29.3 Å². The van der Waals surface area contributed by atoms with Crippen LogP contribution in [-0.4, -0.2) is 6.18 Å². The zero-order valence-corrected chi connectivity index (χ0v) is 8.59. The molecule has 0 bridgehead atoms. The van der Waals surface area contributed by atoms with Gasteiger partial charge >= 0.3 is 6.18 Å². The molecule has 1 aromatic carbocycles. The maximum atomic E-state index is 12.5. The van der Waals surface area contributed by atoms with Crippen molar-refractivity contribution in [2.75, 3.05) is 0 Å². The second-order valence-corrected chi connectivity index (χ2v) is 3.50. The van der Waals surface area contributed by atoms with Crippen molar-refractivity contribution in [3.05, 3.63) is 39.6 Å². The van der Waals surface area contributed by atoms with Gasteiger partial charge in [0, 0.05) is 10.0 Å². The first-order valence-electron chi connectivity index (χ1n) is 3.70. The Hall–Kier alpha value is -0.740. The minimum atomic E-state index is -5.00. The Kier molecular flexibility index (Phi) is 3.62. The Labute approximate surface area is 93.1 Å². The van der Waals surface area contributed by atoms with Crippen molar-refractivity contribution in [3.8, 4) is 0 Å². The summed E-state index contributed by atoms with van der Waals surface area (Å²) in [5.41, 5.74) is -0.0732. The molecule has 0 aliphatic carbocycles. The summed E-state index contributed by atoms with van der Waals surface area (Å²) < 4.78 is 48.0. The summed E-state index contributed by atoms with van der Waals surface area (Å²) in [5.74, 6) is -2.20. The average Bonchev–Trinajstić information content (AvgIpc) is 2.08. The average molecular weight is 259 g/mol. The lowest BCUT2D eigenvalue weighted by molar-refractivity contribution is -0.107. The van der Waals surface area contributed by atoms with Crippen LogP contribution >= 0.6 is 23.2 Å². The highest BCUT2D eigenvalue weighted by atomic mass is 35.5. The van der Waals surface area contributed by atoms with Crippen LogP contribution in [0, 0.1) is 0 Å². The molecule has 15 heavy (non-hydrogen) atoms. The SMILES string of the molecule is F/C(=C\c1ccc(Cl)cc1Cl)C(F)(F)F. The molecule has 0 aliphatic heterocycles. The normalized spacial score (nSPS) is 13.1. The first kappa shape index (κ1) is 12.3. The van der Waals surface area contributed by atoms with Crippen LogP contribution in [0.1, 0.15) is 5.56 Å². The highest BCUT2D eigenvalue weighted by molar-refractivity contribution is 6.35. The van der Waals surface area contributed by atoms with E-state index in [9.17, 15) is 17.6 Å². The quantitative estimate of drug-likeness (QED) is 0.631. The fourth-order valence-corrected chi connectivity index (χ4v) is 1.30. The molecule has 0 aliphatic rings. The molecule has 0 N–H and O–H groups in total. The molecule has 0 unspecified atom stereocenters. The standard InChI is InChI=1S/C9H4Cl2F4/c10-6-2-1-5(7(11)4-6)3-8(12)9(13,14)15/h1-4H/b8-3-. The van der Waals surface area contributed by atoms with Crippen LogP contribution in [0.15, 0.2) is 24.0 Å². The molecule has 0 atom stereocenters. The van der Waals surface area contributed by atoms with Crippen LogP contribution in [0.5, 0.6) is 0 Å². The lowest BCUT2D eigenvalue weighted by Gasteiger charge is -2.03. The van der Waals surface area contributed by atoms with Gasteiger partial charge in [-0.2, -0.15) is 13.2 Å². The predicted octanol–water partition coefficient (Wildman–Crippen LogP) is 4.87. The summed E-state index contributed by atoms with van der Waals surface area (Å²) in [7, 11) is 0. The van der Waals surface area contributed by atoms with Crippen LogP contribution in [-0.2, 0) is 0 Å². The van der Waals surface area contributed by atoms with Gasteiger partial charge in [0.15, 0.2) is 0 Å². The van der Waals surface area contributed by atoms with Crippen molar-refractivity contribution in [1.82, 2.24) is 0 Å². The van der Waals surface area contributed by atoms with Crippen molar-refractivity contribution in [1.29, 1.82) is 0 Å². The monoisotopic (exact) mass is 258 g/mol. The first-order valence-corrected chi connectivity index (χ1v) is 4.46. The number of hydrogen-bond acceptors (Lipinski definition) is 0. The van der Waals surface area contributed by atoms with Gasteiger partial charge in [0.2, 0.25) is 5.83 Å². The van der Waals surface area contributed by atoms with E-state index in [1.807, 2.05) is 0 Å². The number of hydrogen-bond donors (Lipinski definition) is 0. The van der Waals surface area contributed by atoms with Gasteiger partial charge in [-0.05, 0) is 23.8 Å². The predicted molar refractivity (Wildman–Crippen MR) is 51.6 cm³/mol. The van der Waals surface area contributed by atoms with E-state index in [4.69, 9.17) is 23.2 Å². The zero-order valence-electron chi connectivity index (χ0n) is 7.08. The summed E-state index contributed by atoms with van der Waals surface area (Å²) in [6.45, 7) is 0. The van der Waals surface area contributed by atoms with Gasteiger partial charge < -0.3 is 0 Å². The first-order chi connectivity index (χ1) is 6.80. The van der Waals surface area contributed by atoms with Gasteiger partial charge in [0.1, 0.15) is 0 Å². The summed E-state index contributed by atoms with van der Waals surface area (Å²) in [6.07, 6.45) is -4.68. The largest absolute Gasteiger partial charge is 0.442 e. The third kappa shape index (κ3) is 3.39. The Bertz CT molecular complexity index is 396. The molecule has 0 saturated carbocycles. The van der Waals surface area contributed by atoms with E-state index < -0.39 is 12.0 Å². The Balaban J connectivity index is 3.09. The van der Waals surface area contributed by atoms with Gasteiger partial charge in [-0.3, -0.25) is 0 Å². The summed E-state index contributed by atoms with van der Waals surface area (Å²) in [5, 5.41) is 0.228. The van der Waals surface area contributed by atoms with Gasteiger partial charge in [-0.25, -0.2) is 4.39 Å². The molecule has 0 aromatic heterocycles. The fourth-order valence-electron chi connectivity index (χ4n) is 0.837. The van der Waals surface area contributed by atoms with Gasteiger partial charge in [0.05, 0.1) is 0 Å². The molecule has 1 rings (SSSR count). The molecule has 6 heteroatoms. The molecular formula is C9H4Cl2F4. The third-order valence-corrected chi connectivity index (χ3v) is 2.08. The number of allylic oxidation sites excluding steroid dienone is 1. The number of benzene rings is 1. The smallest absolute Gasteiger partial charge is 0.202 e. The van der Waals surface area contributed by atoms with E-state index in [0.29, 0.717) is 6.08 Å². The molecule has 0 fully saturated rings. The van der Waals surface area contributed by atoms with E-state index in [-0.39, 0.29) is 15.6 Å².